The smallest absolute Gasteiger partial charge is 0.306 e. The van der Waals surface area contributed by atoms with Crippen molar-refractivity contribution in [1.29, 1.82) is 0 Å². The second-order valence-electron chi connectivity index (χ2n) is 19.6. The maximum absolute atomic E-state index is 12.9. The fourth-order valence-electron chi connectivity index (χ4n) is 8.33. The molecule has 0 aliphatic carbocycles. The first kappa shape index (κ1) is 65.8. The fraction of sp³-hybridized carbons (Fsp3) is 0.762. The molecule has 69 heavy (non-hydrogen) atoms. The summed E-state index contributed by atoms with van der Waals surface area (Å²) in [6, 6.07) is 0. The highest BCUT2D eigenvalue weighted by molar-refractivity contribution is 5.71. The van der Waals surface area contributed by atoms with Crippen LogP contribution in [0.3, 0.4) is 0 Å². The summed E-state index contributed by atoms with van der Waals surface area (Å²) in [7, 11) is 0. The van der Waals surface area contributed by atoms with Crippen LogP contribution >= 0.6 is 0 Å². The van der Waals surface area contributed by atoms with Crippen molar-refractivity contribution in [2.45, 2.75) is 297 Å². The van der Waals surface area contributed by atoms with Gasteiger partial charge in [0.15, 0.2) is 6.10 Å². The van der Waals surface area contributed by atoms with Gasteiger partial charge in [-0.1, -0.05) is 254 Å². The van der Waals surface area contributed by atoms with Gasteiger partial charge in [0.25, 0.3) is 0 Å². The van der Waals surface area contributed by atoms with Crippen molar-refractivity contribution in [3.05, 3.63) is 72.9 Å². The first-order valence-corrected chi connectivity index (χ1v) is 29.5. The van der Waals surface area contributed by atoms with Crippen LogP contribution in [-0.2, 0) is 28.6 Å². The Morgan fingerprint density at radius 2 is 0.580 bits per heavy atom. The third kappa shape index (κ3) is 55.6. The molecular weight excluding hydrogens is 853 g/mol. The third-order valence-electron chi connectivity index (χ3n) is 12.8. The van der Waals surface area contributed by atoms with Crippen molar-refractivity contribution in [2.75, 3.05) is 13.2 Å². The van der Waals surface area contributed by atoms with Crippen LogP contribution in [0.15, 0.2) is 72.9 Å². The van der Waals surface area contributed by atoms with E-state index < -0.39 is 6.10 Å². The van der Waals surface area contributed by atoms with E-state index in [0.29, 0.717) is 19.3 Å². The van der Waals surface area contributed by atoms with Crippen LogP contribution in [-0.4, -0.2) is 37.2 Å². The average molecular weight is 964 g/mol. The highest BCUT2D eigenvalue weighted by atomic mass is 16.6. The Bertz CT molecular complexity index is 1290. The molecule has 0 spiro atoms. The normalized spacial score (nSPS) is 12.6. The number of allylic oxidation sites excluding steroid dienone is 12. The van der Waals surface area contributed by atoms with Crippen molar-refractivity contribution in [3.8, 4) is 0 Å². The number of hydrogen-bond acceptors (Lipinski definition) is 6. The minimum absolute atomic E-state index is 0.0914. The van der Waals surface area contributed by atoms with E-state index in [9.17, 15) is 14.4 Å². The Kier molecular flexibility index (Phi) is 54.8. The van der Waals surface area contributed by atoms with Gasteiger partial charge in [0.2, 0.25) is 0 Å². The van der Waals surface area contributed by atoms with Gasteiger partial charge >= 0.3 is 17.9 Å². The van der Waals surface area contributed by atoms with Gasteiger partial charge in [-0.15, -0.1) is 0 Å². The van der Waals surface area contributed by atoms with Gasteiger partial charge in [-0.2, -0.15) is 0 Å². The minimum Gasteiger partial charge on any atom is -0.462 e. The van der Waals surface area contributed by atoms with E-state index >= 15 is 0 Å². The molecule has 0 saturated heterocycles. The van der Waals surface area contributed by atoms with Crippen LogP contribution in [0.1, 0.15) is 290 Å². The van der Waals surface area contributed by atoms with Gasteiger partial charge in [0.05, 0.1) is 0 Å². The van der Waals surface area contributed by atoms with E-state index in [2.05, 4.69) is 63.3 Å². The highest BCUT2D eigenvalue weighted by Gasteiger charge is 2.19. The summed E-state index contributed by atoms with van der Waals surface area (Å²) in [6.07, 6.45) is 73.3. The molecule has 0 aromatic carbocycles. The molecule has 0 aromatic heterocycles. The topological polar surface area (TPSA) is 78.9 Å². The Morgan fingerprint density at radius 3 is 0.942 bits per heavy atom. The summed E-state index contributed by atoms with van der Waals surface area (Å²) < 4.78 is 16.8. The van der Waals surface area contributed by atoms with E-state index in [1.807, 2.05) is 30.4 Å². The quantitative estimate of drug-likeness (QED) is 0.0199. The van der Waals surface area contributed by atoms with Crippen LogP contribution in [0.5, 0.6) is 0 Å². The number of ether oxygens (including phenoxy) is 3. The van der Waals surface area contributed by atoms with Crippen LogP contribution in [0.2, 0.25) is 0 Å². The molecule has 6 heteroatoms. The summed E-state index contributed by atoms with van der Waals surface area (Å²) in [5, 5.41) is 0. The summed E-state index contributed by atoms with van der Waals surface area (Å²) in [5.41, 5.74) is 0. The van der Waals surface area contributed by atoms with Gasteiger partial charge in [-0.3, -0.25) is 14.4 Å². The van der Waals surface area contributed by atoms with E-state index in [4.69, 9.17) is 14.2 Å². The van der Waals surface area contributed by atoms with Crippen LogP contribution in [0, 0.1) is 0 Å². The monoisotopic (exact) mass is 963 g/mol. The predicted octanol–water partition coefficient (Wildman–Crippen LogP) is 19.8. The van der Waals surface area contributed by atoms with Crippen molar-refractivity contribution in [2.24, 2.45) is 0 Å². The number of unbranched alkanes of at least 4 members (excludes halogenated alkanes) is 33. The maximum atomic E-state index is 12.9. The lowest BCUT2D eigenvalue weighted by atomic mass is 10.1. The fourth-order valence-corrected chi connectivity index (χ4v) is 8.33. The Morgan fingerprint density at radius 1 is 0.304 bits per heavy atom. The standard InChI is InChI=1S/C63H110O6/c1-4-7-10-13-16-19-22-25-27-29-31-33-35-38-41-44-47-50-53-56-62(65)68-59-60(58-67-61(64)55-52-49-46-43-40-37-24-21-18-15-12-9-6-3)69-63(66)57-54-51-48-45-42-39-36-34-32-30-28-26-23-20-17-14-11-8-5-2/h9,12,15,18,21,24,29-32,37,40,60H,4-8,10-11,13-14,16-17,19-20,22-23,25-28,33-36,38-39,41-59H2,1-3H3/b12-9+,18-15+,24-21+,31-29+,32-30+,40-37+. The molecule has 0 aromatic rings. The van der Waals surface area contributed by atoms with Crippen LogP contribution in [0.25, 0.3) is 0 Å². The molecule has 0 radical (unpaired) electrons. The Hall–Kier alpha value is -3.15. The zero-order valence-electron chi connectivity index (χ0n) is 45.6. The molecule has 1 atom stereocenters. The van der Waals surface area contributed by atoms with Gasteiger partial charge in [-0.25, -0.2) is 0 Å². The zero-order chi connectivity index (χ0) is 50.0. The van der Waals surface area contributed by atoms with E-state index in [1.54, 1.807) is 0 Å². The molecule has 398 valence electrons. The minimum atomic E-state index is -0.796. The SMILES string of the molecule is CC/C=C/C=C/C=C/C=C/CCCCCC(=O)OCC(COC(=O)CCCCCCCCC/C=C/CCCCCCCCCC)OC(=O)CCCCCCCCC/C=C/CCCCCCCCCC. The predicted molar refractivity (Wildman–Crippen MR) is 298 cm³/mol. The van der Waals surface area contributed by atoms with Gasteiger partial charge in [0.1, 0.15) is 13.2 Å². The second-order valence-corrected chi connectivity index (χ2v) is 19.6. The molecule has 1 unspecified atom stereocenters. The molecule has 0 heterocycles. The lowest BCUT2D eigenvalue weighted by Gasteiger charge is -2.18. The van der Waals surface area contributed by atoms with E-state index in [1.165, 1.54) is 180 Å². The number of hydrogen-bond donors (Lipinski definition) is 0. The van der Waals surface area contributed by atoms with Crippen LogP contribution < -0.4 is 0 Å². The highest BCUT2D eigenvalue weighted by Crippen LogP contribution is 2.15. The number of carbonyl (C=O) groups is 3. The Labute approximate surface area is 427 Å². The Balaban J connectivity index is 4.39. The molecule has 0 aliphatic rings. The first-order valence-electron chi connectivity index (χ1n) is 29.5. The van der Waals surface area contributed by atoms with Gasteiger partial charge < -0.3 is 14.2 Å². The number of rotatable bonds is 53. The van der Waals surface area contributed by atoms with Crippen molar-refractivity contribution >= 4 is 17.9 Å². The lowest BCUT2D eigenvalue weighted by Crippen LogP contribution is -2.30. The summed E-state index contributed by atoms with van der Waals surface area (Å²) >= 11 is 0. The maximum Gasteiger partial charge on any atom is 0.306 e. The summed E-state index contributed by atoms with van der Waals surface area (Å²) in [6.45, 7) is 6.48. The van der Waals surface area contributed by atoms with Crippen molar-refractivity contribution < 1.29 is 28.6 Å². The lowest BCUT2D eigenvalue weighted by molar-refractivity contribution is -0.167. The molecular formula is C63H110O6. The molecule has 0 saturated carbocycles. The van der Waals surface area contributed by atoms with Gasteiger partial charge in [-0.05, 0) is 89.9 Å². The zero-order valence-corrected chi connectivity index (χ0v) is 45.6. The van der Waals surface area contributed by atoms with E-state index in [-0.39, 0.29) is 31.1 Å². The average Bonchev–Trinajstić information content (AvgIpc) is 3.35. The molecule has 0 aliphatic heterocycles. The largest absolute Gasteiger partial charge is 0.462 e. The van der Waals surface area contributed by atoms with E-state index in [0.717, 1.165) is 70.6 Å². The first-order chi connectivity index (χ1) is 34.0. The number of esters is 3. The number of carbonyl (C=O) groups excluding carboxylic acids is 3. The van der Waals surface area contributed by atoms with Crippen LogP contribution in [0.4, 0.5) is 0 Å². The molecule has 6 nitrogen and oxygen atoms in total. The molecule has 0 rings (SSSR count). The molecule has 0 fully saturated rings. The van der Waals surface area contributed by atoms with Crippen molar-refractivity contribution in [1.82, 2.24) is 0 Å². The summed E-state index contributed by atoms with van der Waals surface area (Å²) in [4.78, 5) is 38.2. The third-order valence-corrected chi connectivity index (χ3v) is 12.8. The summed E-state index contributed by atoms with van der Waals surface area (Å²) in [5.74, 6) is -0.931. The molecule has 0 N–H and O–H groups in total. The van der Waals surface area contributed by atoms with Gasteiger partial charge in [0, 0.05) is 19.3 Å². The molecule has 0 amide bonds. The van der Waals surface area contributed by atoms with Crippen molar-refractivity contribution in [3.63, 3.8) is 0 Å². The molecule has 0 bridgehead atoms. The second kappa shape index (κ2) is 57.4.